The van der Waals surface area contributed by atoms with Crippen LogP contribution in [0, 0.1) is 0 Å². The highest BCUT2D eigenvalue weighted by Crippen LogP contribution is 2.23. The fourth-order valence-corrected chi connectivity index (χ4v) is 3.28. The molecule has 0 aromatic carbocycles. The molecule has 0 aliphatic rings. The van der Waals surface area contributed by atoms with Crippen molar-refractivity contribution in [2.75, 3.05) is 5.32 Å². The highest BCUT2D eigenvalue weighted by Gasteiger charge is 2.01. The van der Waals surface area contributed by atoms with Gasteiger partial charge in [0.25, 0.3) is 0 Å². The molecule has 1 N–H and O–H groups in total. The molecule has 2 aromatic rings. The van der Waals surface area contributed by atoms with Crippen LogP contribution in [0.3, 0.4) is 0 Å². The van der Waals surface area contributed by atoms with Gasteiger partial charge >= 0.3 is 0 Å². The summed E-state index contributed by atoms with van der Waals surface area (Å²) in [6.07, 6.45) is 0. The molecule has 0 bridgehead atoms. The van der Waals surface area contributed by atoms with Crippen molar-refractivity contribution >= 4 is 59.7 Å². The van der Waals surface area contributed by atoms with Gasteiger partial charge < -0.3 is 5.32 Å². The molecule has 2 heterocycles. The summed E-state index contributed by atoms with van der Waals surface area (Å²) >= 11 is 9.88. The largest absolute Gasteiger partial charge is 0.355 e. The maximum absolute atomic E-state index is 3.94. The maximum atomic E-state index is 3.94. The van der Waals surface area contributed by atoms with E-state index < -0.39 is 0 Å². The zero-order valence-electron chi connectivity index (χ0n) is 6.83. The molecule has 0 fully saturated rings. The molecule has 0 aliphatic carbocycles. The number of halogens is 2. The summed E-state index contributed by atoms with van der Waals surface area (Å²) in [7, 11) is 0. The molecule has 0 unspecified atom stereocenters. The standard InChI is InChI=1S/C7H5Br2N3S2/c8-4-1-5(13-3-4)2-10-7-12-11-6(9)14-7/h1,3H,2H2,(H,10,12). The lowest BCUT2D eigenvalue weighted by Crippen LogP contribution is -1.96. The first-order chi connectivity index (χ1) is 6.74. The SMILES string of the molecule is Brc1csc(CNc2nnc(Br)s2)c1. The van der Waals surface area contributed by atoms with E-state index in [-0.39, 0.29) is 0 Å². The smallest absolute Gasteiger partial charge is 0.206 e. The van der Waals surface area contributed by atoms with Crippen molar-refractivity contribution in [1.29, 1.82) is 0 Å². The molecule has 0 aliphatic heterocycles. The number of thiophene rings is 1. The van der Waals surface area contributed by atoms with Gasteiger partial charge in [0, 0.05) is 14.7 Å². The Morgan fingerprint density at radius 3 is 2.79 bits per heavy atom. The van der Waals surface area contributed by atoms with E-state index in [0.29, 0.717) is 0 Å². The molecule has 74 valence electrons. The minimum Gasteiger partial charge on any atom is -0.355 e. The van der Waals surface area contributed by atoms with Gasteiger partial charge in [-0.1, -0.05) is 11.3 Å². The summed E-state index contributed by atoms with van der Waals surface area (Å²) < 4.78 is 1.92. The van der Waals surface area contributed by atoms with Crippen molar-refractivity contribution in [2.45, 2.75) is 6.54 Å². The zero-order valence-corrected chi connectivity index (χ0v) is 11.6. The van der Waals surface area contributed by atoms with Crippen LogP contribution in [0.15, 0.2) is 19.8 Å². The fourth-order valence-electron chi connectivity index (χ4n) is 0.886. The molecule has 0 atom stereocenters. The molecule has 14 heavy (non-hydrogen) atoms. The molecule has 7 heteroatoms. The zero-order chi connectivity index (χ0) is 9.97. The minimum absolute atomic E-state index is 0.790. The first kappa shape index (κ1) is 10.5. The second-order valence-electron chi connectivity index (χ2n) is 2.44. The molecule has 0 spiro atoms. The number of hydrogen-bond donors (Lipinski definition) is 1. The predicted molar refractivity (Wildman–Crippen MR) is 67.0 cm³/mol. The highest BCUT2D eigenvalue weighted by molar-refractivity contribution is 9.11. The lowest BCUT2D eigenvalue weighted by Gasteiger charge is -1.96. The van der Waals surface area contributed by atoms with Crippen LogP contribution in [0.5, 0.6) is 0 Å². The molecule has 0 saturated carbocycles. The van der Waals surface area contributed by atoms with E-state index >= 15 is 0 Å². The minimum atomic E-state index is 0.790. The van der Waals surface area contributed by atoms with Crippen LogP contribution >= 0.6 is 54.5 Å². The fraction of sp³-hybridized carbons (Fsp3) is 0.143. The van der Waals surface area contributed by atoms with Crippen molar-refractivity contribution in [3.63, 3.8) is 0 Å². The van der Waals surface area contributed by atoms with E-state index in [1.807, 2.05) is 0 Å². The molecule has 3 nitrogen and oxygen atoms in total. The monoisotopic (exact) mass is 353 g/mol. The quantitative estimate of drug-likeness (QED) is 0.912. The highest BCUT2D eigenvalue weighted by atomic mass is 79.9. The predicted octanol–water partition coefficient (Wildman–Crippen LogP) is 3.74. The van der Waals surface area contributed by atoms with Crippen molar-refractivity contribution in [3.8, 4) is 0 Å². The number of anilines is 1. The molecular formula is C7H5Br2N3S2. The normalized spacial score (nSPS) is 10.4. The lowest BCUT2D eigenvalue weighted by atomic mass is 10.5. The third-order valence-corrected chi connectivity index (χ3v) is 4.45. The molecule has 2 aromatic heterocycles. The van der Waals surface area contributed by atoms with E-state index in [1.165, 1.54) is 16.2 Å². The lowest BCUT2D eigenvalue weighted by molar-refractivity contribution is 1.05. The third kappa shape index (κ3) is 2.75. The van der Waals surface area contributed by atoms with Crippen LogP contribution in [0.1, 0.15) is 4.88 Å². The summed E-state index contributed by atoms with van der Waals surface area (Å²) in [6, 6.07) is 2.09. The number of nitrogens with one attached hydrogen (secondary N) is 1. The molecule has 2 rings (SSSR count). The second kappa shape index (κ2) is 4.69. The van der Waals surface area contributed by atoms with E-state index in [4.69, 9.17) is 0 Å². The van der Waals surface area contributed by atoms with Gasteiger partial charge in [-0.15, -0.1) is 21.5 Å². The van der Waals surface area contributed by atoms with E-state index in [9.17, 15) is 0 Å². The third-order valence-electron chi connectivity index (χ3n) is 1.44. The van der Waals surface area contributed by atoms with Crippen molar-refractivity contribution in [3.05, 3.63) is 24.7 Å². The first-order valence-corrected chi connectivity index (χ1v) is 6.98. The average Bonchev–Trinajstić information content (AvgIpc) is 2.72. The van der Waals surface area contributed by atoms with Crippen LogP contribution in [0.25, 0.3) is 0 Å². The molecule has 0 amide bonds. The maximum Gasteiger partial charge on any atom is 0.206 e. The van der Waals surface area contributed by atoms with E-state index in [0.717, 1.165) is 20.1 Å². The number of nitrogens with zero attached hydrogens (tertiary/aromatic N) is 2. The Morgan fingerprint density at radius 1 is 1.36 bits per heavy atom. The Bertz CT molecular complexity index is 386. The van der Waals surface area contributed by atoms with Gasteiger partial charge in [-0.25, -0.2) is 0 Å². The van der Waals surface area contributed by atoms with Gasteiger partial charge in [0.1, 0.15) is 0 Å². The van der Waals surface area contributed by atoms with Crippen LogP contribution < -0.4 is 5.32 Å². The van der Waals surface area contributed by atoms with Gasteiger partial charge in [-0.05, 0) is 37.9 Å². The number of rotatable bonds is 3. The van der Waals surface area contributed by atoms with Gasteiger partial charge in [0.05, 0.1) is 6.54 Å². The van der Waals surface area contributed by atoms with Gasteiger partial charge in [0.2, 0.25) is 5.13 Å². The first-order valence-electron chi connectivity index (χ1n) is 3.70. The Hall–Kier alpha value is 0.0200. The number of hydrogen-bond acceptors (Lipinski definition) is 5. The molecular weight excluding hydrogens is 350 g/mol. The Morgan fingerprint density at radius 2 is 2.21 bits per heavy atom. The average molecular weight is 355 g/mol. The van der Waals surface area contributed by atoms with Crippen molar-refractivity contribution < 1.29 is 0 Å². The molecule has 0 radical (unpaired) electrons. The van der Waals surface area contributed by atoms with Crippen LogP contribution in [-0.2, 0) is 6.54 Å². The summed E-state index contributed by atoms with van der Waals surface area (Å²) in [5.41, 5.74) is 0. The van der Waals surface area contributed by atoms with Gasteiger partial charge in [-0.3, -0.25) is 0 Å². The summed E-state index contributed by atoms with van der Waals surface area (Å²) in [5, 5.41) is 13.9. The van der Waals surface area contributed by atoms with E-state index in [1.54, 1.807) is 11.3 Å². The van der Waals surface area contributed by atoms with E-state index in [2.05, 4.69) is 58.8 Å². The number of aromatic nitrogens is 2. The van der Waals surface area contributed by atoms with Crippen molar-refractivity contribution in [2.24, 2.45) is 0 Å². The van der Waals surface area contributed by atoms with Gasteiger partial charge in [0.15, 0.2) is 3.92 Å². The molecule has 0 saturated heterocycles. The van der Waals surface area contributed by atoms with Crippen molar-refractivity contribution in [1.82, 2.24) is 10.2 Å². The summed E-state index contributed by atoms with van der Waals surface area (Å²) in [5.74, 6) is 0. The topological polar surface area (TPSA) is 37.8 Å². The van der Waals surface area contributed by atoms with Crippen LogP contribution in [0.2, 0.25) is 0 Å². The Labute approximate surface area is 106 Å². The van der Waals surface area contributed by atoms with Crippen LogP contribution in [0.4, 0.5) is 5.13 Å². The summed E-state index contributed by atoms with van der Waals surface area (Å²) in [6.45, 7) is 0.790. The summed E-state index contributed by atoms with van der Waals surface area (Å²) in [4.78, 5) is 1.27. The van der Waals surface area contributed by atoms with Gasteiger partial charge in [-0.2, -0.15) is 0 Å². The van der Waals surface area contributed by atoms with Crippen LogP contribution in [-0.4, -0.2) is 10.2 Å². The Kier molecular flexibility index (Phi) is 3.53. The Balaban J connectivity index is 1.94. The second-order valence-corrected chi connectivity index (χ2v) is 6.61.